The molecule has 2 aromatic heterocycles. The van der Waals surface area contributed by atoms with Gasteiger partial charge in [0.15, 0.2) is 0 Å². The Morgan fingerprint density at radius 1 is 1.20 bits per heavy atom. The van der Waals surface area contributed by atoms with Crippen molar-refractivity contribution in [2.45, 2.75) is 19.4 Å². The molecule has 0 aliphatic carbocycles. The van der Waals surface area contributed by atoms with Crippen molar-refractivity contribution in [2.24, 2.45) is 0 Å². The van der Waals surface area contributed by atoms with Gasteiger partial charge in [0.2, 0.25) is 0 Å². The van der Waals surface area contributed by atoms with Gasteiger partial charge >= 0.3 is 6.03 Å². The molecule has 8 heteroatoms. The zero-order valence-electron chi connectivity index (χ0n) is 14.1. The van der Waals surface area contributed by atoms with Crippen LogP contribution in [0.3, 0.4) is 0 Å². The number of ether oxygens (including phenoxy) is 1. The summed E-state index contributed by atoms with van der Waals surface area (Å²) in [6.45, 7) is 4.46. The molecule has 1 fully saturated rings. The summed E-state index contributed by atoms with van der Waals surface area (Å²) in [4.78, 5) is 21.0. The molecule has 2 N–H and O–H groups in total. The number of fused-ring (bicyclic) bond motifs is 1. The second-order valence-electron chi connectivity index (χ2n) is 6.33. The Morgan fingerprint density at radius 2 is 2.08 bits per heavy atom. The number of aryl methyl sites for hydroxylation is 1. The minimum atomic E-state index is -0.102. The second-order valence-corrected chi connectivity index (χ2v) is 6.33. The van der Waals surface area contributed by atoms with Gasteiger partial charge in [-0.15, -0.1) is 0 Å². The van der Waals surface area contributed by atoms with Gasteiger partial charge in [-0.2, -0.15) is 5.10 Å². The molecular weight excluding hydrogens is 320 g/mol. The highest BCUT2D eigenvalue weighted by Crippen LogP contribution is 2.19. The van der Waals surface area contributed by atoms with E-state index in [0.717, 1.165) is 62.8 Å². The average Bonchev–Trinajstić information content (AvgIpc) is 2.99. The third-order valence-corrected chi connectivity index (χ3v) is 4.64. The molecule has 0 spiro atoms. The van der Waals surface area contributed by atoms with E-state index < -0.39 is 0 Å². The largest absolute Gasteiger partial charge is 0.378 e. The van der Waals surface area contributed by atoms with Crippen LogP contribution in [0.1, 0.15) is 17.7 Å². The van der Waals surface area contributed by atoms with E-state index in [9.17, 15) is 4.79 Å². The van der Waals surface area contributed by atoms with Crippen LogP contribution in [0.4, 0.5) is 16.3 Å². The predicted octanol–water partition coefficient (Wildman–Crippen LogP) is 1.62. The number of H-pyrrole nitrogens is 1. The van der Waals surface area contributed by atoms with E-state index in [1.165, 1.54) is 0 Å². The highest BCUT2D eigenvalue weighted by molar-refractivity contribution is 5.89. The molecule has 0 aromatic carbocycles. The van der Waals surface area contributed by atoms with Crippen LogP contribution in [0.2, 0.25) is 0 Å². The number of pyridine rings is 1. The molecule has 0 radical (unpaired) electrons. The number of urea groups is 1. The summed E-state index contributed by atoms with van der Waals surface area (Å²) in [5.74, 6) is 0.916. The number of aromatic nitrogens is 3. The molecule has 2 amide bonds. The number of carbonyl (C=O) groups excluding carboxylic acids is 1. The van der Waals surface area contributed by atoms with Crippen molar-refractivity contribution in [3.05, 3.63) is 35.8 Å². The summed E-state index contributed by atoms with van der Waals surface area (Å²) in [6.07, 6.45) is 5.37. The summed E-state index contributed by atoms with van der Waals surface area (Å²) in [5.41, 5.74) is 2.93. The molecule has 4 rings (SSSR count). The van der Waals surface area contributed by atoms with E-state index in [-0.39, 0.29) is 6.03 Å². The molecule has 8 nitrogen and oxygen atoms in total. The average molecular weight is 342 g/mol. The number of amides is 2. The first kappa shape index (κ1) is 15.9. The summed E-state index contributed by atoms with van der Waals surface area (Å²) in [6, 6.07) is 3.74. The van der Waals surface area contributed by atoms with Gasteiger partial charge in [-0.25, -0.2) is 9.78 Å². The normalized spacial score (nSPS) is 17.8. The number of hydrogen-bond acceptors (Lipinski definition) is 5. The standard InChI is InChI=1S/C17H22N6O2/c24-17(23-5-1-2-15-13(12-23)10-19-21-15)20-14-3-4-16(18-11-14)22-6-8-25-9-7-22/h3-4,10-11H,1-2,5-9,12H2,(H,19,21)(H,20,24). The zero-order valence-corrected chi connectivity index (χ0v) is 14.1. The lowest BCUT2D eigenvalue weighted by Gasteiger charge is -2.27. The van der Waals surface area contributed by atoms with Gasteiger partial charge in [0.05, 0.1) is 37.8 Å². The Balaban J connectivity index is 1.39. The number of anilines is 2. The molecule has 0 saturated carbocycles. The fourth-order valence-electron chi connectivity index (χ4n) is 3.24. The van der Waals surface area contributed by atoms with Crippen LogP contribution in [0, 0.1) is 0 Å². The summed E-state index contributed by atoms with van der Waals surface area (Å²) in [5, 5.41) is 10.0. The summed E-state index contributed by atoms with van der Waals surface area (Å²) >= 11 is 0. The topological polar surface area (TPSA) is 86.4 Å². The Morgan fingerprint density at radius 3 is 2.88 bits per heavy atom. The van der Waals surface area contributed by atoms with Crippen LogP contribution in [0.15, 0.2) is 24.5 Å². The van der Waals surface area contributed by atoms with Gasteiger partial charge in [-0.05, 0) is 25.0 Å². The Bertz CT molecular complexity index is 723. The number of nitrogens with zero attached hydrogens (tertiary/aromatic N) is 4. The molecule has 0 unspecified atom stereocenters. The maximum absolute atomic E-state index is 12.6. The van der Waals surface area contributed by atoms with E-state index in [1.807, 2.05) is 17.0 Å². The predicted molar refractivity (Wildman–Crippen MR) is 93.6 cm³/mol. The SMILES string of the molecule is O=C(Nc1ccc(N2CCOCC2)nc1)N1CCCc2[nH]ncc2C1. The van der Waals surface area contributed by atoms with Gasteiger partial charge in [0.25, 0.3) is 0 Å². The van der Waals surface area contributed by atoms with Crippen molar-refractivity contribution in [1.82, 2.24) is 20.1 Å². The molecule has 2 aromatic rings. The van der Waals surface area contributed by atoms with Crippen LogP contribution in [-0.2, 0) is 17.7 Å². The minimum Gasteiger partial charge on any atom is -0.378 e. The lowest BCUT2D eigenvalue weighted by molar-refractivity contribution is 0.122. The lowest BCUT2D eigenvalue weighted by atomic mass is 10.2. The quantitative estimate of drug-likeness (QED) is 0.866. The number of morpholine rings is 1. The first-order valence-electron chi connectivity index (χ1n) is 8.65. The molecule has 1 saturated heterocycles. The van der Waals surface area contributed by atoms with Gasteiger partial charge in [0, 0.05) is 30.9 Å². The maximum Gasteiger partial charge on any atom is 0.322 e. The lowest BCUT2D eigenvalue weighted by Crippen LogP contribution is -2.36. The summed E-state index contributed by atoms with van der Waals surface area (Å²) < 4.78 is 5.36. The summed E-state index contributed by atoms with van der Waals surface area (Å²) in [7, 11) is 0. The third kappa shape index (κ3) is 3.58. The molecule has 25 heavy (non-hydrogen) atoms. The molecule has 0 atom stereocenters. The fourth-order valence-corrected chi connectivity index (χ4v) is 3.24. The van der Waals surface area contributed by atoms with E-state index in [1.54, 1.807) is 12.4 Å². The number of rotatable bonds is 2. The Labute approximate surface area is 146 Å². The number of carbonyl (C=O) groups is 1. The maximum atomic E-state index is 12.6. The molecule has 2 aliphatic heterocycles. The minimum absolute atomic E-state index is 0.102. The number of aromatic amines is 1. The van der Waals surface area contributed by atoms with Crippen LogP contribution in [0.25, 0.3) is 0 Å². The third-order valence-electron chi connectivity index (χ3n) is 4.64. The van der Waals surface area contributed by atoms with Crippen molar-refractivity contribution in [1.29, 1.82) is 0 Å². The molecule has 4 heterocycles. The van der Waals surface area contributed by atoms with Crippen molar-refractivity contribution in [3.8, 4) is 0 Å². The van der Waals surface area contributed by atoms with Gasteiger partial charge < -0.3 is 19.9 Å². The highest BCUT2D eigenvalue weighted by Gasteiger charge is 2.20. The van der Waals surface area contributed by atoms with Crippen molar-refractivity contribution < 1.29 is 9.53 Å². The van der Waals surface area contributed by atoms with Crippen molar-refractivity contribution in [2.75, 3.05) is 43.1 Å². The van der Waals surface area contributed by atoms with Crippen LogP contribution < -0.4 is 10.2 Å². The molecular formula is C17H22N6O2. The van der Waals surface area contributed by atoms with Crippen LogP contribution >= 0.6 is 0 Å². The number of nitrogens with one attached hydrogen (secondary N) is 2. The molecule has 2 aliphatic rings. The van der Waals surface area contributed by atoms with E-state index in [2.05, 4.69) is 25.4 Å². The Hall–Kier alpha value is -2.61. The second kappa shape index (κ2) is 7.10. The molecule has 0 bridgehead atoms. The first-order valence-corrected chi connectivity index (χ1v) is 8.65. The van der Waals surface area contributed by atoms with Crippen molar-refractivity contribution >= 4 is 17.5 Å². The molecule has 132 valence electrons. The van der Waals surface area contributed by atoms with Gasteiger partial charge in [0.1, 0.15) is 5.82 Å². The van der Waals surface area contributed by atoms with Crippen LogP contribution in [-0.4, -0.2) is 59.0 Å². The van der Waals surface area contributed by atoms with E-state index in [0.29, 0.717) is 12.2 Å². The van der Waals surface area contributed by atoms with Gasteiger partial charge in [-0.3, -0.25) is 5.10 Å². The van der Waals surface area contributed by atoms with E-state index >= 15 is 0 Å². The first-order chi connectivity index (χ1) is 12.3. The smallest absolute Gasteiger partial charge is 0.322 e. The zero-order chi connectivity index (χ0) is 17.1. The number of hydrogen-bond donors (Lipinski definition) is 2. The van der Waals surface area contributed by atoms with Gasteiger partial charge in [-0.1, -0.05) is 0 Å². The Kier molecular flexibility index (Phi) is 4.51. The highest BCUT2D eigenvalue weighted by atomic mass is 16.5. The fraction of sp³-hybridized carbons (Fsp3) is 0.471. The van der Waals surface area contributed by atoms with Crippen LogP contribution in [0.5, 0.6) is 0 Å². The van der Waals surface area contributed by atoms with Crippen molar-refractivity contribution in [3.63, 3.8) is 0 Å². The monoisotopic (exact) mass is 342 g/mol. The van der Waals surface area contributed by atoms with E-state index in [4.69, 9.17) is 4.74 Å².